The summed E-state index contributed by atoms with van der Waals surface area (Å²) in [5.74, 6) is 0.978. The van der Waals surface area contributed by atoms with Crippen LogP contribution in [0, 0.1) is 6.92 Å². The van der Waals surface area contributed by atoms with Crippen molar-refractivity contribution < 1.29 is 9.90 Å². The van der Waals surface area contributed by atoms with E-state index in [1.54, 1.807) is 6.20 Å². The molecule has 6 nitrogen and oxygen atoms in total. The first-order chi connectivity index (χ1) is 9.11. The van der Waals surface area contributed by atoms with Crippen LogP contribution in [0.15, 0.2) is 12.4 Å². The second-order valence-corrected chi connectivity index (χ2v) is 5.09. The van der Waals surface area contributed by atoms with Gasteiger partial charge in [-0.3, -0.25) is 9.69 Å². The highest BCUT2D eigenvalue weighted by Gasteiger charge is 2.26. The Morgan fingerprint density at radius 1 is 1.53 bits per heavy atom. The highest BCUT2D eigenvalue weighted by molar-refractivity contribution is 5.76. The lowest BCUT2D eigenvalue weighted by Crippen LogP contribution is -2.54. The van der Waals surface area contributed by atoms with Crippen molar-refractivity contribution in [3.8, 4) is 0 Å². The number of aromatic nitrogens is 2. The predicted molar refractivity (Wildman–Crippen MR) is 71.7 cm³/mol. The number of carbonyl (C=O) groups excluding carboxylic acids is 1. The third kappa shape index (κ3) is 3.33. The maximum Gasteiger partial charge on any atom is 0.242 e. The molecule has 0 aliphatic carbocycles. The molecule has 2 heterocycles. The molecule has 1 amide bonds. The summed E-state index contributed by atoms with van der Waals surface area (Å²) in [7, 11) is 2.04. The van der Waals surface area contributed by atoms with Crippen molar-refractivity contribution in [1.82, 2.24) is 19.4 Å². The number of nitrogens with zero attached hydrogens (tertiary/aromatic N) is 4. The zero-order chi connectivity index (χ0) is 13.8. The molecule has 1 aliphatic heterocycles. The standard InChI is InChI=1S/C13H22N4O2/c1-11-14-4-5-16(11)10-13(19)17-7-6-15(2)12(9-17)3-8-18/h4-5,12,18H,3,6-10H2,1-2H3. The Labute approximate surface area is 113 Å². The third-order valence-corrected chi connectivity index (χ3v) is 3.82. The lowest BCUT2D eigenvalue weighted by atomic mass is 10.1. The number of aliphatic hydroxyl groups excluding tert-OH is 1. The molecule has 19 heavy (non-hydrogen) atoms. The maximum absolute atomic E-state index is 12.3. The SMILES string of the molecule is Cc1nccn1CC(=O)N1CCN(C)C(CCO)C1. The molecule has 1 atom stereocenters. The van der Waals surface area contributed by atoms with E-state index in [-0.39, 0.29) is 18.6 Å². The lowest BCUT2D eigenvalue weighted by Gasteiger charge is -2.39. The van der Waals surface area contributed by atoms with E-state index in [0.29, 0.717) is 19.5 Å². The van der Waals surface area contributed by atoms with Gasteiger partial charge in [0.05, 0.1) is 0 Å². The Hall–Kier alpha value is -1.40. The zero-order valence-electron chi connectivity index (χ0n) is 11.6. The number of rotatable bonds is 4. The van der Waals surface area contributed by atoms with Gasteiger partial charge >= 0.3 is 0 Å². The molecule has 0 bridgehead atoms. The van der Waals surface area contributed by atoms with Gasteiger partial charge in [-0.05, 0) is 20.4 Å². The lowest BCUT2D eigenvalue weighted by molar-refractivity contribution is -0.134. The number of imidazole rings is 1. The van der Waals surface area contributed by atoms with Crippen LogP contribution in [0.4, 0.5) is 0 Å². The average molecular weight is 266 g/mol. The number of carbonyl (C=O) groups is 1. The van der Waals surface area contributed by atoms with Crippen LogP contribution in [0.2, 0.25) is 0 Å². The van der Waals surface area contributed by atoms with Crippen LogP contribution in [0.25, 0.3) is 0 Å². The number of likely N-dealkylation sites (N-methyl/N-ethyl adjacent to an activating group) is 1. The van der Waals surface area contributed by atoms with Gasteiger partial charge in [0.25, 0.3) is 0 Å². The first-order valence-corrected chi connectivity index (χ1v) is 6.68. The predicted octanol–water partition coefficient (Wildman–Crippen LogP) is -0.283. The average Bonchev–Trinajstić information content (AvgIpc) is 2.78. The summed E-state index contributed by atoms with van der Waals surface area (Å²) in [6, 6.07) is 0.256. The molecule has 0 spiro atoms. The van der Waals surface area contributed by atoms with Crippen molar-refractivity contribution in [3.05, 3.63) is 18.2 Å². The minimum Gasteiger partial charge on any atom is -0.396 e. The van der Waals surface area contributed by atoms with Crippen LogP contribution in [-0.4, -0.2) is 69.7 Å². The Morgan fingerprint density at radius 2 is 2.32 bits per heavy atom. The molecule has 0 radical (unpaired) electrons. The van der Waals surface area contributed by atoms with Gasteiger partial charge in [0.1, 0.15) is 12.4 Å². The van der Waals surface area contributed by atoms with E-state index in [2.05, 4.69) is 9.88 Å². The number of piperazine rings is 1. The molecule has 1 unspecified atom stereocenters. The Balaban J connectivity index is 1.94. The van der Waals surface area contributed by atoms with E-state index in [1.807, 2.05) is 29.6 Å². The van der Waals surface area contributed by atoms with Crippen LogP contribution in [0.5, 0.6) is 0 Å². The molecule has 0 aromatic carbocycles. The number of aryl methyl sites for hydroxylation is 1. The maximum atomic E-state index is 12.3. The normalized spacial score (nSPS) is 20.8. The van der Waals surface area contributed by atoms with E-state index in [0.717, 1.165) is 18.9 Å². The minimum absolute atomic E-state index is 0.122. The van der Waals surface area contributed by atoms with E-state index in [4.69, 9.17) is 5.11 Å². The van der Waals surface area contributed by atoms with Crippen molar-refractivity contribution >= 4 is 5.91 Å². The second kappa shape index (κ2) is 6.16. The first kappa shape index (κ1) is 14.0. The summed E-state index contributed by atoms with van der Waals surface area (Å²) in [6.45, 7) is 4.72. The molecule has 1 aromatic heterocycles. The number of amides is 1. The van der Waals surface area contributed by atoms with E-state index >= 15 is 0 Å². The fourth-order valence-electron chi connectivity index (χ4n) is 2.45. The van der Waals surface area contributed by atoms with Gasteiger partial charge in [-0.1, -0.05) is 0 Å². The minimum atomic E-state index is 0.122. The third-order valence-electron chi connectivity index (χ3n) is 3.82. The summed E-state index contributed by atoms with van der Waals surface area (Å²) >= 11 is 0. The van der Waals surface area contributed by atoms with Gasteiger partial charge in [0.15, 0.2) is 0 Å². The molecule has 0 saturated carbocycles. The van der Waals surface area contributed by atoms with Gasteiger partial charge in [-0.2, -0.15) is 0 Å². The molecule has 6 heteroatoms. The Kier molecular flexibility index (Phi) is 4.55. The van der Waals surface area contributed by atoms with Gasteiger partial charge in [-0.15, -0.1) is 0 Å². The zero-order valence-corrected chi connectivity index (χ0v) is 11.6. The molecule has 1 N–H and O–H groups in total. The van der Waals surface area contributed by atoms with Crippen molar-refractivity contribution in [1.29, 1.82) is 0 Å². The van der Waals surface area contributed by atoms with Crippen molar-refractivity contribution in [2.45, 2.75) is 25.9 Å². The van der Waals surface area contributed by atoms with E-state index < -0.39 is 0 Å². The van der Waals surface area contributed by atoms with Crippen LogP contribution in [-0.2, 0) is 11.3 Å². The number of hydrogen-bond donors (Lipinski definition) is 1. The molecule has 2 rings (SSSR count). The monoisotopic (exact) mass is 266 g/mol. The Bertz CT molecular complexity index is 432. The summed E-state index contributed by atoms with van der Waals surface area (Å²) in [6.07, 6.45) is 4.25. The highest BCUT2D eigenvalue weighted by Crippen LogP contribution is 2.11. The largest absolute Gasteiger partial charge is 0.396 e. The van der Waals surface area contributed by atoms with Gasteiger partial charge < -0.3 is 14.6 Å². The second-order valence-electron chi connectivity index (χ2n) is 5.09. The molecule has 106 valence electrons. The Morgan fingerprint density at radius 3 is 2.95 bits per heavy atom. The molecule has 1 saturated heterocycles. The van der Waals surface area contributed by atoms with Crippen molar-refractivity contribution in [3.63, 3.8) is 0 Å². The fraction of sp³-hybridized carbons (Fsp3) is 0.692. The molecule has 1 fully saturated rings. The van der Waals surface area contributed by atoms with Gasteiger partial charge in [0, 0.05) is 44.7 Å². The van der Waals surface area contributed by atoms with E-state index in [9.17, 15) is 4.79 Å². The van der Waals surface area contributed by atoms with Crippen LogP contribution in [0.3, 0.4) is 0 Å². The smallest absolute Gasteiger partial charge is 0.242 e. The van der Waals surface area contributed by atoms with Crippen LogP contribution in [0.1, 0.15) is 12.2 Å². The van der Waals surface area contributed by atoms with Gasteiger partial charge in [-0.25, -0.2) is 4.98 Å². The van der Waals surface area contributed by atoms with Crippen LogP contribution < -0.4 is 0 Å². The quantitative estimate of drug-likeness (QED) is 0.814. The first-order valence-electron chi connectivity index (χ1n) is 6.68. The number of hydrogen-bond acceptors (Lipinski definition) is 4. The van der Waals surface area contributed by atoms with E-state index in [1.165, 1.54) is 0 Å². The molecular weight excluding hydrogens is 244 g/mol. The van der Waals surface area contributed by atoms with Gasteiger partial charge in [0.2, 0.25) is 5.91 Å². The summed E-state index contributed by atoms with van der Waals surface area (Å²) in [5.41, 5.74) is 0. The van der Waals surface area contributed by atoms with Crippen LogP contribution >= 0.6 is 0 Å². The molecular formula is C13H22N4O2. The highest BCUT2D eigenvalue weighted by atomic mass is 16.3. The molecule has 1 aliphatic rings. The summed E-state index contributed by atoms with van der Waals surface area (Å²) < 4.78 is 1.86. The molecule has 1 aromatic rings. The summed E-state index contributed by atoms with van der Waals surface area (Å²) in [5, 5.41) is 9.06. The topological polar surface area (TPSA) is 61.6 Å². The van der Waals surface area contributed by atoms with Crippen molar-refractivity contribution in [2.75, 3.05) is 33.3 Å². The number of aliphatic hydroxyl groups is 1. The van der Waals surface area contributed by atoms with Crippen molar-refractivity contribution in [2.24, 2.45) is 0 Å². The summed E-state index contributed by atoms with van der Waals surface area (Å²) in [4.78, 5) is 20.5. The fourth-order valence-corrected chi connectivity index (χ4v) is 2.45.